The molecule has 0 spiro atoms. The van der Waals surface area contributed by atoms with E-state index in [4.69, 9.17) is 4.74 Å². The van der Waals surface area contributed by atoms with Gasteiger partial charge < -0.3 is 4.74 Å². The molecule has 0 bridgehead atoms. The van der Waals surface area contributed by atoms with Crippen molar-refractivity contribution in [2.24, 2.45) is 0 Å². The smallest absolute Gasteiger partial charge is 0.0625 e. The Kier molecular flexibility index (Phi) is 2.66. The van der Waals surface area contributed by atoms with E-state index in [2.05, 4.69) is 4.72 Å². The number of hydrogen-bond acceptors (Lipinski definition) is 3. The molecule has 0 saturated carbocycles. The van der Waals surface area contributed by atoms with E-state index in [0.717, 1.165) is 6.61 Å². The van der Waals surface area contributed by atoms with Gasteiger partial charge in [0.05, 0.1) is 6.61 Å². The second kappa shape index (κ2) is 3.33. The molecule has 3 heteroatoms. The first-order valence-electron chi connectivity index (χ1n) is 2.79. The number of ether oxygens (including phenoxy) is 1. The number of rotatable bonds is 2. The quantitative estimate of drug-likeness (QED) is 0.559. The monoisotopic (exact) mass is 133 g/mol. The van der Waals surface area contributed by atoms with Gasteiger partial charge in [-0.05, 0) is 6.42 Å². The molecule has 0 radical (unpaired) electrons. The second-order valence-corrected chi connectivity index (χ2v) is 2.84. The van der Waals surface area contributed by atoms with Gasteiger partial charge in [-0.3, -0.25) is 4.72 Å². The molecule has 0 aromatic rings. The Morgan fingerprint density at radius 3 is 3.25 bits per heavy atom. The van der Waals surface area contributed by atoms with Crippen LogP contribution in [0.5, 0.6) is 0 Å². The fourth-order valence-electron chi connectivity index (χ4n) is 0.755. The highest BCUT2D eigenvalue weighted by Crippen LogP contribution is 2.11. The summed E-state index contributed by atoms with van der Waals surface area (Å²) in [6.07, 6.45) is 1.25. The minimum Gasteiger partial charge on any atom is -0.383 e. The maximum Gasteiger partial charge on any atom is 0.0625 e. The zero-order valence-corrected chi connectivity index (χ0v) is 5.83. The van der Waals surface area contributed by atoms with E-state index >= 15 is 0 Å². The van der Waals surface area contributed by atoms with Crippen LogP contribution in [0.4, 0.5) is 0 Å². The van der Waals surface area contributed by atoms with E-state index in [0.29, 0.717) is 6.04 Å². The van der Waals surface area contributed by atoms with Gasteiger partial charge in [0.25, 0.3) is 0 Å². The minimum atomic E-state index is 0.602. The summed E-state index contributed by atoms with van der Waals surface area (Å²) >= 11 is 1.79. The summed E-state index contributed by atoms with van der Waals surface area (Å²) in [7, 11) is 1.74. The predicted octanol–water partition coefficient (Wildman–Crippen LogP) is 0.643. The lowest BCUT2D eigenvalue weighted by Gasteiger charge is -2.04. The third kappa shape index (κ3) is 1.65. The molecule has 8 heavy (non-hydrogen) atoms. The normalized spacial score (nSPS) is 28.9. The Morgan fingerprint density at radius 2 is 2.75 bits per heavy atom. The topological polar surface area (TPSA) is 21.3 Å². The predicted molar refractivity (Wildman–Crippen MR) is 35.9 cm³/mol. The highest BCUT2D eigenvalue weighted by Gasteiger charge is 2.12. The number of nitrogens with one attached hydrogen (secondary N) is 1. The van der Waals surface area contributed by atoms with Gasteiger partial charge in [0.1, 0.15) is 0 Å². The Hall–Kier alpha value is 0.270. The van der Waals surface area contributed by atoms with Crippen molar-refractivity contribution in [1.82, 2.24) is 4.72 Å². The van der Waals surface area contributed by atoms with Crippen LogP contribution in [0.1, 0.15) is 6.42 Å². The van der Waals surface area contributed by atoms with Crippen LogP contribution in [0, 0.1) is 0 Å². The largest absolute Gasteiger partial charge is 0.383 e. The van der Waals surface area contributed by atoms with E-state index in [1.807, 2.05) is 0 Å². The third-order valence-electron chi connectivity index (χ3n) is 1.19. The summed E-state index contributed by atoms with van der Waals surface area (Å²) in [4.78, 5) is 0. The molecule has 1 aliphatic rings. The summed E-state index contributed by atoms with van der Waals surface area (Å²) in [5.74, 6) is 1.23. The molecular formula is C5H11NOS. The molecule has 0 aromatic heterocycles. The highest BCUT2D eigenvalue weighted by atomic mass is 32.2. The molecule has 1 fully saturated rings. The number of hydrogen-bond donors (Lipinski definition) is 1. The van der Waals surface area contributed by atoms with Gasteiger partial charge in [0.2, 0.25) is 0 Å². The summed E-state index contributed by atoms with van der Waals surface area (Å²) < 4.78 is 8.20. The second-order valence-electron chi connectivity index (χ2n) is 1.91. The molecule has 1 rings (SSSR count). The van der Waals surface area contributed by atoms with Crippen LogP contribution in [0.3, 0.4) is 0 Å². The molecule has 1 unspecified atom stereocenters. The highest BCUT2D eigenvalue weighted by molar-refractivity contribution is 7.97. The first kappa shape index (κ1) is 6.39. The average Bonchev–Trinajstić information content (AvgIpc) is 2.19. The van der Waals surface area contributed by atoms with Crippen molar-refractivity contribution in [2.45, 2.75) is 12.5 Å². The van der Waals surface area contributed by atoms with Gasteiger partial charge >= 0.3 is 0 Å². The maximum atomic E-state index is 4.95. The molecular weight excluding hydrogens is 122 g/mol. The van der Waals surface area contributed by atoms with Crippen molar-refractivity contribution >= 4 is 11.9 Å². The SMILES string of the molecule is COCC1CCSN1. The van der Waals surface area contributed by atoms with Crippen LogP contribution >= 0.6 is 11.9 Å². The van der Waals surface area contributed by atoms with Crippen molar-refractivity contribution in [1.29, 1.82) is 0 Å². The van der Waals surface area contributed by atoms with Crippen molar-refractivity contribution in [3.8, 4) is 0 Å². The third-order valence-corrected chi connectivity index (χ3v) is 2.13. The Morgan fingerprint density at radius 1 is 1.88 bits per heavy atom. The Balaban J connectivity index is 2.06. The molecule has 1 aliphatic heterocycles. The Labute approximate surface area is 54.1 Å². The average molecular weight is 133 g/mol. The van der Waals surface area contributed by atoms with Gasteiger partial charge in [-0.2, -0.15) is 0 Å². The van der Waals surface area contributed by atoms with Gasteiger partial charge in [-0.15, -0.1) is 0 Å². The lowest BCUT2D eigenvalue weighted by molar-refractivity contribution is 0.177. The van der Waals surface area contributed by atoms with E-state index in [9.17, 15) is 0 Å². The standard InChI is InChI=1S/C5H11NOS/c1-7-4-5-2-3-8-6-5/h5-6H,2-4H2,1H3. The molecule has 0 aliphatic carbocycles. The molecule has 1 atom stereocenters. The van der Waals surface area contributed by atoms with Crippen molar-refractivity contribution in [3.05, 3.63) is 0 Å². The molecule has 0 aromatic carbocycles. The van der Waals surface area contributed by atoms with E-state index in [1.165, 1.54) is 12.2 Å². The van der Waals surface area contributed by atoms with Crippen LogP contribution < -0.4 is 4.72 Å². The van der Waals surface area contributed by atoms with E-state index in [-0.39, 0.29) is 0 Å². The van der Waals surface area contributed by atoms with Gasteiger partial charge in [0.15, 0.2) is 0 Å². The molecule has 1 heterocycles. The maximum absolute atomic E-state index is 4.95. The van der Waals surface area contributed by atoms with Gasteiger partial charge in [-0.1, -0.05) is 11.9 Å². The minimum absolute atomic E-state index is 0.602. The fourth-order valence-corrected chi connectivity index (χ4v) is 1.70. The van der Waals surface area contributed by atoms with Crippen LogP contribution in [0.25, 0.3) is 0 Å². The number of methoxy groups -OCH3 is 1. The first-order chi connectivity index (χ1) is 3.93. The molecule has 2 nitrogen and oxygen atoms in total. The summed E-state index contributed by atoms with van der Waals surface area (Å²) in [6.45, 7) is 0.854. The van der Waals surface area contributed by atoms with Crippen molar-refractivity contribution in [2.75, 3.05) is 19.5 Å². The molecule has 48 valence electrons. The van der Waals surface area contributed by atoms with Crippen molar-refractivity contribution in [3.63, 3.8) is 0 Å². The zero-order valence-electron chi connectivity index (χ0n) is 5.02. The first-order valence-corrected chi connectivity index (χ1v) is 3.78. The molecule has 1 saturated heterocycles. The van der Waals surface area contributed by atoms with Crippen molar-refractivity contribution < 1.29 is 4.74 Å². The van der Waals surface area contributed by atoms with Gasteiger partial charge in [-0.25, -0.2) is 0 Å². The lowest BCUT2D eigenvalue weighted by Crippen LogP contribution is -2.22. The van der Waals surface area contributed by atoms with Crippen LogP contribution in [0.15, 0.2) is 0 Å². The summed E-state index contributed by atoms with van der Waals surface area (Å²) in [5, 5.41) is 0. The summed E-state index contributed by atoms with van der Waals surface area (Å²) in [6, 6.07) is 0.602. The zero-order chi connectivity index (χ0) is 5.82. The van der Waals surface area contributed by atoms with E-state index in [1.54, 1.807) is 19.1 Å². The lowest BCUT2D eigenvalue weighted by atomic mass is 10.3. The van der Waals surface area contributed by atoms with Gasteiger partial charge in [0, 0.05) is 18.9 Å². The van der Waals surface area contributed by atoms with E-state index < -0.39 is 0 Å². The molecule has 0 amide bonds. The fraction of sp³-hybridized carbons (Fsp3) is 1.00. The summed E-state index contributed by atoms with van der Waals surface area (Å²) in [5.41, 5.74) is 0. The Bertz CT molecular complexity index is 63.4. The van der Waals surface area contributed by atoms with Crippen LogP contribution in [-0.2, 0) is 4.74 Å². The molecule has 1 N–H and O–H groups in total. The van der Waals surface area contributed by atoms with Crippen LogP contribution in [0.2, 0.25) is 0 Å². The van der Waals surface area contributed by atoms with Crippen LogP contribution in [-0.4, -0.2) is 25.5 Å².